The first kappa shape index (κ1) is 15.9. The molecule has 0 fully saturated rings. The zero-order valence-corrected chi connectivity index (χ0v) is 12.0. The second-order valence-corrected chi connectivity index (χ2v) is 7.07. The highest BCUT2D eigenvalue weighted by atomic mass is 32.2. The van der Waals surface area contributed by atoms with E-state index in [4.69, 9.17) is 0 Å². The van der Waals surface area contributed by atoms with E-state index in [2.05, 4.69) is 4.40 Å². The fourth-order valence-electron chi connectivity index (χ4n) is 1.20. The van der Waals surface area contributed by atoms with Crippen LogP contribution in [0.1, 0.15) is 31.9 Å². The maximum atomic E-state index is 13.0. The van der Waals surface area contributed by atoms with Crippen LogP contribution in [0.4, 0.5) is 13.2 Å². The van der Waals surface area contributed by atoms with Gasteiger partial charge in [-0.2, -0.15) is 17.6 Å². The van der Waals surface area contributed by atoms with Gasteiger partial charge in [0.25, 0.3) is 0 Å². The molecule has 1 aromatic rings. The molecule has 1 rings (SSSR count). The van der Waals surface area contributed by atoms with E-state index in [-0.39, 0.29) is 5.56 Å². The molecule has 0 bridgehead atoms. The van der Waals surface area contributed by atoms with Crippen molar-refractivity contribution < 1.29 is 17.4 Å². The number of hydrogen-bond acceptors (Lipinski definition) is 1. The lowest BCUT2D eigenvalue weighted by Crippen LogP contribution is -2.28. The summed E-state index contributed by atoms with van der Waals surface area (Å²) < 4.78 is 53.3. The van der Waals surface area contributed by atoms with Gasteiger partial charge in [0, 0.05) is 5.56 Å². The van der Waals surface area contributed by atoms with Crippen molar-refractivity contribution in [1.82, 2.24) is 0 Å². The largest absolute Gasteiger partial charge is 0.434 e. The van der Waals surface area contributed by atoms with Crippen molar-refractivity contribution in [2.75, 3.05) is 0 Å². The van der Waals surface area contributed by atoms with Crippen LogP contribution in [0.3, 0.4) is 0 Å². The Morgan fingerprint density at radius 3 is 1.95 bits per heavy atom. The normalized spacial score (nSPS) is 15.4. The molecule has 0 aliphatic heterocycles. The quantitative estimate of drug-likeness (QED) is 0.762. The van der Waals surface area contributed by atoms with Gasteiger partial charge in [0.15, 0.2) is 5.71 Å². The molecule has 0 amide bonds. The SMILES string of the molecule is Cc1ccc(/C(=N\[S@](=O)C(C)(C)C)C(F)(F)F)cc1. The van der Waals surface area contributed by atoms with Crippen LogP contribution >= 0.6 is 0 Å². The fraction of sp³-hybridized carbons (Fsp3) is 0.462. The van der Waals surface area contributed by atoms with E-state index >= 15 is 0 Å². The first-order chi connectivity index (χ1) is 8.51. The molecule has 6 heteroatoms. The van der Waals surface area contributed by atoms with E-state index in [1.165, 1.54) is 12.1 Å². The van der Waals surface area contributed by atoms with Gasteiger partial charge < -0.3 is 0 Å². The van der Waals surface area contributed by atoms with E-state index in [0.29, 0.717) is 0 Å². The van der Waals surface area contributed by atoms with Gasteiger partial charge in [-0.15, -0.1) is 0 Å². The van der Waals surface area contributed by atoms with Crippen LogP contribution < -0.4 is 0 Å². The second kappa shape index (κ2) is 5.45. The second-order valence-electron chi connectivity index (χ2n) is 5.17. The Morgan fingerprint density at radius 1 is 1.11 bits per heavy atom. The maximum absolute atomic E-state index is 13.0. The van der Waals surface area contributed by atoms with Crippen molar-refractivity contribution in [2.45, 2.75) is 38.6 Å². The van der Waals surface area contributed by atoms with Crippen molar-refractivity contribution in [3.8, 4) is 0 Å². The Balaban J connectivity index is 3.28. The van der Waals surface area contributed by atoms with Crippen molar-refractivity contribution in [2.24, 2.45) is 4.40 Å². The minimum Gasteiger partial charge on any atom is -0.234 e. The fourth-order valence-corrected chi connectivity index (χ4v) is 1.85. The number of alkyl halides is 3. The zero-order valence-electron chi connectivity index (χ0n) is 11.2. The molecular formula is C13H16F3NOS. The molecular weight excluding hydrogens is 275 g/mol. The summed E-state index contributed by atoms with van der Waals surface area (Å²) >= 11 is 0. The van der Waals surface area contributed by atoms with Crippen molar-refractivity contribution >= 4 is 16.7 Å². The third-order valence-electron chi connectivity index (χ3n) is 2.29. The van der Waals surface area contributed by atoms with E-state index in [9.17, 15) is 17.4 Å². The maximum Gasteiger partial charge on any atom is 0.434 e. The standard InChI is InChI=1S/C13H16F3NOS/c1-9-5-7-10(8-6-9)11(13(14,15)16)17-19(18)12(2,3)4/h5-8H,1-4H3/b17-11+/t19-/m1/s1. The summed E-state index contributed by atoms with van der Waals surface area (Å²) in [6, 6.07) is 5.80. The minimum absolute atomic E-state index is 0.0734. The predicted octanol–water partition coefficient (Wildman–Crippen LogP) is 3.81. The molecule has 0 saturated heterocycles. The Bertz CT molecular complexity index is 498. The van der Waals surface area contributed by atoms with Crippen LogP contribution in [0.15, 0.2) is 28.7 Å². The predicted molar refractivity (Wildman–Crippen MR) is 71.7 cm³/mol. The van der Waals surface area contributed by atoms with Gasteiger partial charge in [-0.25, -0.2) is 4.21 Å². The van der Waals surface area contributed by atoms with Crippen LogP contribution in [-0.2, 0) is 11.0 Å². The number of rotatable bonds is 2. The zero-order chi connectivity index (χ0) is 14.8. The van der Waals surface area contributed by atoms with Crippen LogP contribution in [0.5, 0.6) is 0 Å². The molecule has 106 valence electrons. The van der Waals surface area contributed by atoms with Gasteiger partial charge in [-0.1, -0.05) is 29.8 Å². The van der Waals surface area contributed by atoms with Crippen LogP contribution in [0.2, 0.25) is 0 Å². The summed E-state index contributed by atoms with van der Waals surface area (Å²) in [5, 5.41) is 0. The van der Waals surface area contributed by atoms with Gasteiger partial charge in [0.05, 0.1) is 4.75 Å². The molecule has 1 atom stereocenters. The lowest BCUT2D eigenvalue weighted by molar-refractivity contribution is -0.0578. The highest BCUT2D eigenvalue weighted by molar-refractivity contribution is 7.85. The van der Waals surface area contributed by atoms with E-state index in [1.54, 1.807) is 39.8 Å². The molecule has 0 aromatic heterocycles. The Morgan fingerprint density at radius 2 is 1.58 bits per heavy atom. The van der Waals surface area contributed by atoms with E-state index < -0.39 is 27.6 Å². The summed E-state index contributed by atoms with van der Waals surface area (Å²) in [5.41, 5.74) is -0.321. The average Bonchev–Trinajstić information content (AvgIpc) is 2.24. The molecule has 0 aliphatic rings. The monoisotopic (exact) mass is 291 g/mol. The van der Waals surface area contributed by atoms with Crippen molar-refractivity contribution in [3.63, 3.8) is 0 Å². The summed E-state index contributed by atoms with van der Waals surface area (Å²) in [4.78, 5) is 0. The Kier molecular flexibility index (Phi) is 4.55. The molecule has 19 heavy (non-hydrogen) atoms. The molecule has 0 unspecified atom stereocenters. The number of halogens is 3. The van der Waals surface area contributed by atoms with Gasteiger partial charge in [0.2, 0.25) is 0 Å². The lowest BCUT2D eigenvalue weighted by atomic mass is 10.1. The average molecular weight is 291 g/mol. The first-order valence-electron chi connectivity index (χ1n) is 5.67. The molecule has 0 aliphatic carbocycles. The topological polar surface area (TPSA) is 29.4 Å². The van der Waals surface area contributed by atoms with Gasteiger partial charge >= 0.3 is 6.18 Å². The molecule has 0 N–H and O–H groups in total. The van der Waals surface area contributed by atoms with E-state index in [1.807, 2.05) is 0 Å². The van der Waals surface area contributed by atoms with Crippen molar-refractivity contribution in [1.29, 1.82) is 0 Å². The Hall–Kier alpha value is -1.17. The molecule has 0 spiro atoms. The minimum atomic E-state index is -4.63. The smallest absolute Gasteiger partial charge is 0.234 e. The first-order valence-corrected chi connectivity index (χ1v) is 6.77. The van der Waals surface area contributed by atoms with E-state index in [0.717, 1.165) is 5.56 Å². The molecule has 2 nitrogen and oxygen atoms in total. The van der Waals surface area contributed by atoms with Crippen LogP contribution in [0, 0.1) is 6.92 Å². The highest BCUT2D eigenvalue weighted by Crippen LogP contribution is 2.25. The third-order valence-corrected chi connectivity index (χ3v) is 3.69. The summed E-state index contributed by atoms with van der Waals surface area (Å²) in [7, 11) is -1.95. The van der Waals surface area contributed by atoms with Crippen molar-refractivity contribution in [3.05, 3.63) is 35.4 Å². The van der Waals surface area contributed by atoms with Gasteiger partial charge in [-0.3, -0.25) is 0 Å². The summed E-state index contributed by atoms with van der Waals surface area (Å²) in [5.74, 6) is 0. The van der Waals surface area contributed by atoms with Gasteiger partial charge in [0.1, 0.15) is 11.0 Å². The number of hydrogen-bond donors (Lipinski definition) is 0. The summed E-state index contributed by atoms with van der Waals surface area (Å²) in [6.07, 6.45) is -4.63. The third kappa shape index (κ3) is 4.45. The Labute approximate surface area is 113 Å². The lowest BCUT2D eigenvalue weighted by Gasteiger charge is -2.16. The number of nitrogens with zero attached hydrogens (tertiary/aromatic N) is 1. The molecule has 1 aromatic carbocycles. The number of aryl methyl sites for hydroxylation is 1. The summed E-state index contributed by atoms with van der Waals surface area (Å²) in [6.45, 7) is 6.52. The molecule has 0 saturated carbocycles. The highest BCUT2D eigenvalue weighted by Gasteiger charge is 2.38. The van der Waals surface area contributed by atoms with Crippen LogP contribution in [-0.4, -0.2) is 20.8 Å². The molecule has 0 heterocycles. The number of benzene rings is 1. The van der Waals surface area contributed by atoms with Gasteiger partial charge in [-0.05, 0) is 27.7 Å². The molecule has 0 radical (unpaired) electrons. The van der Waals surface area contributed by atoms with Crippen LogP contribution in [0.25, 0.3) is 0 Å².